The number of anilines is 4. The maximum absolute atomic E-state index is 2.57. The number of nitrogens with zero attached hydrogens (tertiary/aromatic N) is 2. The van der Waals surface area contributed by atoms with Crippen LogP contribution in [0.15, 0.2) is 129 Å². The second-order valence-corrected chi connectivity index (χ2v) is 16.1. The third kappa shape index (κ3) is 8.10. The van der Waals surface area contributed by atoms with Crippen molar-refractivity contribution in [3.05, 3.63) is 109 Å². The van der Waals surface area contributed by atoms with Gasteiger partial charge in [0.15, 0.2) is 0 Å². The van der Waals surface area contributed by atoms with Crippen LogP contribution in [0, 0.1) is 0 Å². The number of fused-ring (bicyclic) bond motifs is 4. The van der Waals surface area contributed by atoms with Gasteiger partial charge in [-0.1, -0.05) is 141 Å². The first-order valence-electron chi connectivity index (χ1n) is 19.2. The fourth-order valence-electron chi connectivity index (χ4n) is 7.49. The molecule has 0 aliphatic carbocycles. The summed E-state index contributed by atoms with van der Waals surface area (Å²) in [5, 5.41) is 0. The molecule has 0 amide bonds. The second-order valence-electron chi connectivity index (χ2n) is 13.9. The molecular weight excluding hydrogens is 645 g/mol. The number of rotatable bonds is 16. The molecule has 2 aliphatic heterocycles. The summed E-state index contributed by atoms with van der Waals surface area (Å²) in [7, 11) is 0. The van der Waals surface area contributed by atoms with Crippen molar-refractivity contribution in [1.29, 1.82) is 0 Å². The lowest BCUT2D eigenvalue weighted by Crippen LogP contribution is -2.23. The maximum Gasteiger partial charge on any atom is 0.200 e. The molecule has 256 valence electrons. The Hall–Kier alpha value is -3.28. The van der Waals surface area contributed by atoms with Crippen LogP contribution in [0.5, 0.6) is 0 Å². The van der Waals surface area contributed by atoms with Crippen LogP contribution in [0.1, 0.15) is 90.9 Å². The van der Waals surface area contributed by atoms with Crippen molar-refractivity contribution >= 4 is 46.3 Å². The number of hydrogen-bond donors (Lipinski definition) is 0. The van der Waals surface area contributed by atoms with E-state index in [2.05, 4.69) is 133 Å². The first-order chi connectivity index (χ1) is 24.7. The van der Waals surface area contributed by atoms with Crippen molar-refractivity contribution in [2.45, 2.75) is 110 Å². The van der Waals surface area contributed by atoms with Gasteiger partial charge in [0, 0.05) is 37.1 Å². The third-order valence-electron chi connectivity index (χ3n) is 10.3. The molecule has 2 heterocycles. The Labute approximate surface area is 309 Å². The van der Waals surface area contributed by atoms with E-state index >= 15 is 0 Å². The minimum absolute atomic E-state index is 1.07. The van der Waals surface area contributed by atoms with Gasteiger partial charge in [0.25, 0.3) is 0 Å². The fraction of sp³-hybridized carbons (Fsp3) is 0.348. The maximum atomic E-state index is 2.57. The third-order valence-corrected chi connectivity index (χ3v) is 12.5. The van der Waals surface area contributed by atoms with Crippen LogP contribution in [-0.4, -0.2) is 13.1 Å². The summed E-state index contributed by atoms with van der Waals surface area (Å²) in [4.78, 5) is 10.6. The topological polar surface area (TPSA) is 11.8 Å². The zero-order valence-corrected chi connectivity index (χ0v) is 31.6. The predicted octanol–water partition coefficient (Wildman–Crippen LogP) is 14.9. The average molecular weight is 697 g/mol. The van der Waals surface area contributed by atoms with Gasteiger partial charge in [-0.25, -0.2) is 0 Å². The quantitative estimate of drug-likeness (QED) is 0.0752. The molecule has 2 radical (unpaired) electrons. The SMILES string of the molecule is CCCCCCCC[N+]1c2ccccc2Sc2cc(-c3cccc(-c4ccc5c(c4)Sc4ccccc4[N+]5CCCCCCCC)c3)ccc21. The van der Waals surface area contributed by atoms with E-state index in [1.165, 1.54) is 142 Å². The minimum Gasteiger partial charge on any atom is -0.0951 e. The van der Waals surface area contributed by atoms with Crippen molar-refractivity contribution in [3.63, 3.8) is 0 Å². The molecular formula is C46H52N2S2+2. The highest BCUT2D eigenvalue weighted by atomic mass is 32.2. The lowest BCUT2D eigenvalue weighted by Gasteiger charge is -2.22. The molecule has 0 saturated heterocycles. The smallest absolute Gasteiger partial charge is 0.0951 e. The Morgan fingerprint density at radius 2 is 0.760 bits per heavy atom. The molecule has 5 aromatic carbocycles. The summed E-state index contributed by atoms with van der Waals surface area (Å²) in [5.74, 6) is 0. The van der Waals surface area contributed by atoms with E-state index in [1.54, 1.807) is 0 Å². The van der Waals surface area contributed by atoms with Crippen LogP contribution in [0.25, 0.3) is 22.3 Å². The van der Waals surface area contributed by atoms with Crippen molar-refractivity contribution in [2.24, 2.45) is 0 Å². The first kappa shape index (κ1) is 35.1. The van der Waals surface area contributed by atoms with Crippen LogP contribution in [0.2, 0.25) is 0 Å². The Bertz CT molecular complexity index is 1750. The van der Waals surface area contributed by atoms with E-state index in [0.717, 1.165) is 13.1 Å². The molecule has 4 heteroatoms. The molecule has 0 unspecified atom stereocenters. The van der Waals surface area contributed by atoms with Gasteiger partial charge in [-0.05, 0) is 77.6 Å². The molecule has 2 nitrogen and oxygen atoms in total. The van der Waals surface area contributed by atoms with Gasteiger partial charge in [0.05, 0.1) is 19.6 Å². The number of para-hydroxylation sites is 2. The normalized spacial score (nSPS) is 13.8. The van der Waals surface area contributed by atoms with Crippen molar-refractivity contribution in [2.75, 3.05) is 13.1 Å². The molecule has 2 aliphatic rings. The summed E-state index contributed by atoms with van der Waals surface area (Å²) >= 11 is 3.83. The first-order valence-corrected chi connectivity index (χ1v) is 20.8. The van der Waals surface area contributed by atoms with Gasteiger partial charge in [0.2, 0.25) is 22.7 Å². The second kappa shape index (κ2) is 17.3. The van der Waals surface area contributed by atoms with Crippen LogP contribution in [-0.2, 0) is 0 Å². The van der Waals surface area contributed by atoms with Crippen LogP contribution in [0.4, 0.5) is 22.7 Å². The lowest BCUT2D eigenvalue weighted by molar-refractivity contribution is 0.558. The van der Waals surface area contributed by atoms with E-state index in [1.807, 2.05) is 23.5 Å². The standard InChI is InChI=1S/C46H52N2S2/c1-3-5-7-9-11-17-30-47-39-22-13-15-24-43(39)49-45-33-37(26-28-41(45)47)35-20-19-21-36(32-35)38-27-29-42-46(34-38)50-44-25-16-14-23-40(44)48(42)31-18-12-10-8-6-4-2/h13-16,19-29,32-34H,3-12,17-18,30-31H2,1-2H3/q+2. The van der Waals surface area contributed by atoms with Crippen molar-refractivity contribution < 1.29 is 0 Å². The predicted molar refractivity (Wildman–Crippen MR) is 218 cm³/mol. The lowest BCUT2D eigenvalue weighted by atomic mass is 9.98. The molecule has 0 bridgehead atoms. The molecule has 0 aromatic heterocycles. The van der Waals surface area contributed by atoms with E-state index in [0.29, 0.717) is 0 Å². The van der Waals surface area contributed by atoms with Gasteiger partial charge < -0.3 is 0 Å². The van der Waals surface area contributed by atoms with Crippen LogP contribution < -0.4 is 9.80 Å². The monoisotopic (exact) mass is 696 g/mol. The van der Waals surface area contributed by atoms with Gasteiger partial charge in [-0.2, -0.15) is 0 Å². The highest BCUT2D eigenvalue weighted by molar-refractivity contribution is 8.00. The van der Waals surface area contributed by atoms with E-state index in [9.17, 15) is 0 Å². The van der Waals surface area contributed by atoms with Crippen LogP contribution >= 0.6 is 23.5 Å². The summed E-state index contributed by atoms with van der Waals surface area (Å²) in [5.41, 5.74) is 10.5. The Balaban J connectivity index is 1.11. The van der Waals surface area contributed by atoms with Gasteiger partial charge in [-0.15, -0.1) is 0 Å². The number of hydrogen-bond acceptors (Lipinski definition) is 4. The Morgan fingerprint density at radius 3 is 1.24 bits per heavy atom. The highest BCUT2D eigenvalue weighted by Gasteiger charge is 2.35. The highest BCUT2D eigenvalue weighted by Crippen LogP contribution is 2.50. The fourth-order valence-corrected chi connectivity index (χ4v) is 9.76. The zero-order valence-electron chi connectivity index (χ0n) is 30.0. The molecule has 50 heavy (non-hydrogen) atoms. The summed E-state index contributed by atoms with van der Waals surface area (Å²) in [6.07, 6.45) is 15.8. The summed E-state index contributed by atoms with van der Waals surface area (Å²) in [6.45, 7) is 6.73. The van der Waals surface area contributed by atoms with Crippen molar-refractivity contribution in [1.82, 2.24) is 9.80 Å². The molecule has 0 fully saturated rings. The molecule has 0 saturated carbocycles. The zero-order chi connectivity index (χ0) is 34.1. The van der Waals surface area contributed by atoms with E-state index < -0.39 is 0 Å². The van der Waals surface area contributed by atoms with Crippen molar-refractivity contribution in [3.8, 4) is 22.3 Å². The average Bonchev–Trinajstić information content (AvgIpc) is 3.16. The molecule has 0 N–H and O–H groups in total. The van der Waals surface area contributed by atoms with Gasteiger partial charge in [0.1, 0.15) is 13.1 Å². The molecule has 0 spiro atoms. The molecule has 5 aromatic rings. The van der Waals surface area contributed by atoms with Crippen LogP contribution in [0.3, 0.4) is 0 Å². The van der Waals surface area contributed by atoms with Gasteiger partial charge in [-0.3, -0.25) is 0 Å². The summed E-state index contributed by atoms with van der Waals surface area (Å²) in [6, 6.07) is 41.3. The Morgan fingerprint density at radius 1 is 0.360 bits per heavy atom. The summed E-state index contributed by atoms with van der Waals surface area (Å²) < 4.78 is 0. The minimum atomic E-state index is 1.07. The van der Waals surface area contributed by atoms with E-state index in [-0.39, 0.29) is 0 Å². The number of benzene rings is 5. The number of unbranched alkanes of at least 4 members (excludes halogenated alkanes) is 10. The molecule has 7 rings (SSSR count). The Kier molecular flexibility index (Phi) is 12.2. The molecule has 0 atom stereocenters. The largest absolute Gasteiger partial charge is 0.200 e. The van der Waals surface area contributed by atoms with Gasteiger partial charge >= 0.3 is 0 Å². The van der Waals surface area contributed by atoms with E-state index in [4.69, 9.17) is 0 Å².